The molecule has 0 spiro atoms. The van der Waals surface area contributed by atoms with Crippen LogP contribution in [0, 0.1) is 0 Å². The molecule has 4 rings (SSSR count). The van der Waals surface area contributed by atoms with Crippen molar-refractivity contribution in [3.63, 3.8) is 0 Å². The molecule has 5 heteroatoms. The number of amides is 2. The minimum Gasteiger partial charge on any atom is -0.379 e. The molecule has 2 fully saturated rings. The van der Waals surface area contributed by atoms with E-state index in [2.05, 4.69) is 34.5 Å². The Balaban J connectivity index is 1.31. The van der Waals surface area contributed by atoms with Crippen molar-refractivity contribution in [1.29, 1.82) is 0 Å². The van der Waals surface area contributed by atoms with E-state index in [9.17, 15) is 4.79 Å². The molecule has 5 nitrogen and oxygen atoms in total. The molecule has 0 unspecified atom stereocenters. The lowest BCUT2D eigenvalue weighted by Crippen LogP contribution is -2.52. The van der Waals surface area contributed by atoms with Gasteiger partial charge >= 0.3 is 6.03 Å². The second-order valence-electron chi connectivity index (χ2n) is 7.46. The molecule has 0 saturated carbocycles. The molecule has 2 heterocycles. The first-order chi connectivity index (χ1) is 12.3. The highest BCUT2D eigenvalue weighted by Gasteiger charge is 2.29. The van der Waals surface area contributed by atoms with Crippen LogP contribution in [0.1, 0.15) is 42.9 Å². The fraction of sp³-hybridized carbons (Fsp3) is 0.650. The summed E-state index contributed by atoms with van der Waals surface area (Å²) < 4.78 is 5.45. The average molecular weight is 343 g/mol. The summed E-state index contributed by atoms with van der Waals surface area (Å²) in [4.78, 5) is 17.3. The normalized spacial score (nSPS) is 25.4. The lowest BCUT2D eigenvalue weighted by atomic mass is 9.88. The molecule has 1 aromatic rings. The van der Waals surface area contributed by atoms with Crippen LogP contribution in [0.15, 0.2) is 24.3 Å². The lowest BCUT2D eigenvalue weighted by molar-refractivity contribution is 0.00371. The highest BCUT2D eigenvalue weighted by molar-refractivity contribution is 5.75. The Morgan fingerprint density at radius 2 is 1.80 bits per heavy atom. The van der Waals surface area contributed by atoms with E-state index in [0.717, 1.165) is 71.5 Å². The number of morpholine rings is 1. The van der Waals surface area contributed by atoms with Crippen molar-refractivity contribution in [2.45, 2.75) is 44.2 Å². The Labute approximate surface area is 150 Å². The zero-order valence-corrected chi connectivity index (χ0v) is 15.0. The summed E-state index contributed by atoms with van der Waals surface area (Å²) in [7, 11) is 0. The van der Waals surface area contributed by atoms with Gasteiger partial charge in [0.05, 0.1) is 19.3 Å². The van der Waals surface area contributed by atoms with Crippen LogP contribution in [-0.2, 0) is 11.2 Å². The van der Waals surface area contributed by atoms with E-state index >= 15 is 0 Å². The Hall–Kier alpha value is -1.59. The molecule has 136 valence electrons. The fourth-order valence-electron chi connectivity index (χ4n) is 4.52. The maximum atomic E-state index is 12.7. The topological polar surface area (TPSA) is 44.8 Å². The van der Waals surface area contributed by atoms with Crippen LogP contribution >= 0.6 is 0 Å². The SMILES string of the molecule is O=C(N[C@@H]1CCCc2ccccc21)N1CCC(N2CCOCC2)CC1. The van der Waals surface area contributed by atoms with Gasteiger partial charge in [-0.05, 0) is 43.2 Å². The van der Waals surface area contributed by atoms with Crippen LogP contribution in [0.4, 0.5) is 4.79 Å². The van der Waals surface area contributed by atoms with Crippen LogP contribution in [0.25, 0.3) is 0 Å². The standard InChI is InChI=1S/C20H29N3O2/c24-20(21-19-7-3-5-16-4-1-2-6-18(16)19)23-10-8-17(9-11-23)22-12-14-25-15-13-22/h1-2,4,6,17,19H,3,5,7-15H2,(H,21,24)/t19-/m1/s1. The van der Waals surface area contributed by atoms with Crippen molar-refractivity contribution in [2.75, 3.05) is 39.4 Å². The van der Waals surface area contributed by atoms with Crippen molar-refractivity contribution < 1.29 is 9.53 Å². The van der Waals surface area contributed by atoms with E-state index in [1.165, 1.54) is 11.1 Å². The van der Waals surface area contributed by atoms with Gasteiger partial charge in [0.15, 0.2) is 0 Å². The van der Waals surface area contributed by atoms with Gasteiger partial charge in [-0.1, -0.05) is 24.3 Å². The van der Waals surface area contributed by atoms with Gasteiger partial charge in [-0.25, -0.2) is 4.79 Å². The van der Waals surface area contributed by atoms with Gasteiger partial charge in [-0.15, -0.1) is 0 Å². The molecule has 1 aliphatic carbocycles. The fourth-order valence-corrected chi connectivity index (χ4v) is 4.52. The zero-order chi connectivity index (χ0) is 17.1. The lowest BCUT2D eigenvalue weighted by Gasteiger charge is -2.40. The van der Waals surface area contributed by atoms with Gasteiger partial charge in [0.1, 0.15) is 0 Å². The smallest absolute Gasteiger partial charge is 0.317 e. The summed E-state index contributed by atoms with van der Waals surface area (Å²) in [5, 5.41) is 3.29. The van der Waals surface area contributed by atoms with Gasteiger partial charge in [-0.2, -0.15) is 0 Å². The summed E-state index contributed by atoms with van der Waals surface area (Å²) in [5.74, 6) is 0. The van der Waals surface area contributed by atoms with E-state index in [0.29, 0.717) is 6.04 Å². The third kappa shape index (κ3) is 3.82. The maximum absolute atomic E-state index is 12.7. The quantitative estimate of drug-likeness (QED) is 0.898. The zero-order valence-electron chi connectivity index (χ0n) is 15.0. The van der Waals surface area contributed by atoms with E-state index in [4.69, 9.17) is 4.74 Å². The number of fused-ring (bicyclic) bond motifs is 1. The molecular formula is C20H29N3O2. The number of benzene rings is 1. The molecular weight excluding hydrogens is 314 g/mol. The molecule has 1 aromatic carbocycles. The highest BCUT2D eigenvalue weighted by atomic mass is 16.5. The van der Waals surface area contributed by atoms with Gasteiger partial charge < -0.3 is 15.0 Å². The molecule has 0 bridgehead atoms. The van der Waals surface area contributed by atoms with Crippen molar-refractivity contribution in [2.24, 2.45) is 0 Å². The summed E-state index contributed by atoms with van der Waals surface area (Å²) in [6.07, 6.45) is 5.49. The second-order valence-corrected chi connectivity index (χ2v) is 7.46. The van der Waals surface area contributed by atoms with Crippen LogP contribution < -0.4 is 5.32 Å². The number of aryl methyl sites for hydroxylation is 1. The van der Waals surface area contributed by atoms with Gasteiger partial charge in [0, 0.05) is 32.2 Å². The molecule has 2 aliphatic heterocycles. The molecule has 25 heavy (non-hydrogen) atoms. The van der Waals surface area contributed by atoms with Crippen molar-refractivity contribution >= 4 is 6.03 Å². The molecule has 2 saturated heterocycles. The molecule has 2 amide bonds. The van der Waals surface area contributed by atoms with Crippen molar-refractivity contribution in [3.05, 3.63) is 35.4 Å². The van der Waals surface area contributed by atoms with E-state index < -0.39 is 0 Å². The summed E-state index contributed by atoms with van der Waals surface area (Å²) >= 11 is 0. The number of carbonyl (C=O) groups excluding carboxylic acids is 1. The summed E-state index contributed by atoms with van der Waals surface area (Å²) in [6.45, 7) is 5.50. The monoisotopic (exact) mass is 343 g/mol. The molecule has 1 atom stereocenters. The summed E-state index contributed by atoms with van der Waals surface area (Å²) in [5.41, 5.74) is 2.70. The van der Waals surface area contributed by atoms with Gasteiger partial charge in [0.2, 0.25) is 0 Å². The van der Waals surface area contributed by atoms with E-state index in [1.807, 2.05) is 4.90 Å². The van der Waals surface area contributed by atoms with Crippen molar-refractivity contribution in [3.8, 4) is 0 Å². The molecule has 1 N–H and O–H groups in total. The first-order valence-electron chi connectivity index (χ1n) is 9.76. The number of likely N-dealkylation sites (tertiary alicyclic amines) is 1. The predicted molar refractivity (Wildman–Crippen MR) is 97.6 cm³/mol. The number of carbonyl (C=O) groups is 1. The number of urea groups is 1. The number of ether oxygens (including phenoxy) is 1. The first-order valence-corrected chi connectivity index (χ1v) is 9.76. The first kappa shape index (κ1) is 16.9. The minimum atomic E-state index is 0.113. The number of hydrogen-bond donors (Lipinski definition) is 1. The predicted octanol–water partition coefficient (Wildman–Crippen LogP) is 2.57. The Morgan fingerprint density at radius 3 is 2.60 bits per heavy atom. The highest BCUT2D eigenvalue weighted by Crippen LogP contribution is 2.29. The molecule has 0 radical (unpaired) electrons. The Kier molecular flexibility index (Phi) is 5.22. The van der Waals surface area contributed by atoms with Crippen LogP contribution in [-0.4, -0.2) is 61.3 Å². The number of rotatable bonds is 2. The largest absolute Gasteiger partial charge is 0.379 e. The third-order valence-electron chi connectivity index (χ3n) is 5.98. The molecule has 3 aliphatic rings. The van der Waals surface area contributed by atoms with Crippen molar-refractivity contribution in [1.82, 2.24) is 15.1 Å². The number of nitrogens with one attached hydrogen (secondary N) is 1. The number of nitrogens with zero attached hydrogens (tertiary/aromatic N) is 2. The Bertz CT molecular complexity index is 592. The second kappa shape index (κ2) is 7.75. The van der Waals surface area contributed by atoms with E-state index in [1.54, 1.807) is 0 Å². The number of hydrogen-bond acceptors (Lipinski definition) is 3. The summed E-state index contributed by atoms with van der Waals surface area (Å²) in [6, 6.07) is 9.45. The molecule has 0 aromatic heterocycles. The minimum absolute atomic E-state index is 0.113. The van der Waals surface area contributed by atoms with Crippen LogP contribution in [0.5, 0.6) is 0 Å². The van der Waals surface area contributed by atoms with Crippen LogP contribution in [0.2, 0.25) is 0 Å². The average Bonchev–Trinajstić information content (AvgIpc) is 2.69. The van der Waals surface area contributed by atoms with Gasteiger partial charge in [-0.3, -0.25) is 4.90 Å². The third-order valence-corrected chi connectivity index (χ3v) is 5.98. The number of piperidine rings is 1. The van der Waals surface area contributed by atoms with Crippen LogP contribution in [0.3, 0.4) is 0 Å². The van der Waals surface area contributed by atoms with Gasteiger partial charge in [0.25, 0.3) is 0 Å². The van der Waals surface area contributed by atoms with E-state index in [-0.39, 0.29) is 12.1 Å². The Morgan fingerprint density at radius 1 is 1.04 bits per heavy atom. The maximum Gasteiger partial charge on any atom is 0.317 e.